The van der Waals surface area contributed by atoms with Crippen LogP contribution in [0.3, 0.4) is 0 Å². The number of hydrogen-bond acceptors (Lipinski definition) is 14. The molecule has 4 aliphatic rings. The molecule has 270 valence electrons. The third-order valence-corrected chi connectivity index (χ3v) is 9.26. The molecule has 0 saturated carbocycles. The summed E-state index contributed by atoms with van der Waals surface area (Å²) in [5, 5.41) is 0. The van der Waals surface area contributed by atoms with E-state index in [-0.39, 0.29) is 78.5 Å². The summed E-state index contributed by atoms with van der Waals surface area (Å²) in [6, 6.07) is 20.5. The van der Waals surface area contributed by atoms with Gasteiger partial charge in [-0.1, -0.05) is 0 Å². The number of amides is 4. The van der Waals surface area contributed by atoms with Crippen LogP contribution in [0.25, 0.3) is 0 Å². The van der Waals surface area contributed by atoms with Crippen LogP contribution in [-0.2, 0) is 9.47 Å². The van der Waals surface area contributed by atoms with Gasteiger partial charge in [0, 0.05) is 0 Å². The van der Waals surface area contributed by atoms with Crippen molar-refractivity contribution >= 4 is 70.8 Å². The molecule has 56 heavy (non-hydrogen) atoms. The fourth-order valence-corrected chi connectivity index (χ4v) is 6.54. The van der Waals surface area contributed by atoms with E-state index in [1.54, 1.807) is 0 Å². The van der Waals surface area contributed by atoms with Crippen molar-refractivity contribution in [3.8, 4) is 11.5 Å². The number of rotatable bonds is 6. The Morgan fingerprint density at radius 2 is 0.714 bits per heavy atom. The molecular weight excluding hydrogens is 732 g/mol. The van der Waals surface area contributed by atoms with Crippen molar-refractivity contribution in [3.63, 3.8) is 0 Å². The van der Waals surface area contributed by atoms with E-state index >= 15 is 0 Å². The van der Waals surface area contributed by atoms with Crippen molar-refractivity contribution in [2.24, 2.45) is 0 Å². The summed E-state index contributed by atoms with van der Waals surface area (Å²) < 4.78 is 20.0. The van der Waals surface area contributed by atoms with Gasteiger partial charge < -0.3 is 18.9 Å². The van der Waals surface area contributed by atoms with Crippen LogP contribution >= 0.6 is 0 Å². The molecule has 0 unspecified atom stereocenters. The summed E-state index contributed by atoms with van der Waals surface area (Å²) >= 11 is 0. The van der Waals surface area contributed by atoms with E-state index in [1.165, 1.54) is 97.1 Å². The lowest BCUT2D eigenvalue weighted by Crippen LogP contribution is -2.29. The van der Waals surface area contributed by atoms with Gasteiger partial charge in [0.05, 0.1) is 67.0 Å². The third kappa shape index (κ3) is 5.08. The Morgan fingerprint density at radius 1 is 0.375 bits per heavy atom. The maximum absolute atomic E-state index is 13.3. The van der Waals surface area contributed by atoms with E-state index in [0.29, 0.717) is 0 Å². The van der Waals surface area contributed by atoms with Crippen molar-refractivity contribution in [1.29, 1.82) is 0 Å². The number of imide groups is 2. The minimum absolute atomic E-state index is 0.000404. The van der Waals surface area contributed by atoms with Crippen LogP contribution in [0.1, 0.15) is 104 Å². The van der Waals surface area contributed by atoms with Crippen LogP contribution in [0.4, 0.5) is 11.4 Å². The van der Waals surface area contributed by atoms with Gasteiger partial charge in [-0.2, -0.15) is 0 Å². The second kappa shape index (κ2) is 12.1. The molecule has 4 aliphatic heterocycles. The molecule has 0 bridgehead atoms. The molecule has 16 nitrogen and oxygen atoms in total. The molecule has 9 rings (SSSR count). The number of anilines is 2. The first-order valence-electron chi connectivity index (χ1n) is 16.3. The summed E-state index contributed by atoms with van der Waals surface area (Å²) in [5.41, 5.74) is -0.453. The Bertz CT molecular complexity index is 2610. The largest absolute Gasteiger partial charge is 0.423 e. The Kier molecular flexibility index (Phi) is 7.21. The Morgan fingerprint density at radius 3 is 1.11 bits per heavy atom. The summed E-state index contributed by atoms with van der Waals surface area (Å²) in [7, 11) is 0. The van der Waals surface area contributed by atoms with Gasteiger partial charge in [-0.25, -0.2) is 38.6 Å². The smallest absolute Gasteiger partial charge is 0.346 e. The van der Waals surface area contributed by atoms with Crippen molar-refractivity contribution in [2.45, 2.75) is 0 Å². The quantitative estimate of drug-likeness (QED) is 0.102. The second-order valence-electron chi connectivity index (χ2n) is 12.5. The molecule has 4 heterocycles. The lowest BCUT2D eigenvalue weighted by Gasteiger charge is -2.14. The van der Waals surface area contributed by atoms with E-state index in [2.05, 4.69) is 9.47 Å². The number of carbonyl (C=O) groups is 10. The number of fused-ring (bicyclic) bond motifs is 4. The average molecular weight is 749 g/mol. The van der Waals surface area contributed by atoms with E-state index in [4.69, 9.17) is 9.47 Å². The van der Waals surface area contributed by atoms with Crippen LogP contribution in [0.2, 0.25) is 0 Å². The van der Waals surface area contributed by atoms with Gasteiger partial charge in [0.1, 0.15) is 11.5 Å². The highest BCUT2D eigenvalue weighted by Crippen LogP contribution is 2.34. The molecular formula is C40H16N2O14. The fraction of sp³-hybridized carbons (Fsp3) is 0. The zero-order valence-electron chi connectivity index (χ0n) is 27.8. The van der Waals surface area contributed by atoms with E-state index in [1.807, 2.05) is 0 Å². The van der Waals surface area contributed by atoms with Crippen LogP contribution in [0.5, 0.6) is 11.5 Å². The van der Waals surface area contributed by atoms with Crippen LogP contribution < -0.4 is 19.3 Å². The zero-order chi connectivity index (χ0) is 39.2. The third-order valence-electron chi connectivity index (χ3n) is 9.26. The van der Waals surface area contributed by atoms with Gasteiger partial charge in [-0.3, -0.25) is 19.2 Å². The maximum Gasteiger partial charge on any atom is 0.346 e. The SMILES string of the molecule is O=C(Oc1ccc(OC(=O)c2ccc3c(c2)C(=O)N(c2ccc4c(c2)C(=O)OC4=O)C3=O)cc1)c1ccc2c(c1)C(=O)N(c1ccc3c(c1)C(=O)OC3=O)C2=O. The first kappa shape index (κ1) is 33.4. The van der Waals surface area contributed by atoms with Gasteiger partial charge in [0.2, 0.25) is 0 Å². The number of esters is 6. The number of carbonyl (C=O) groups excluding carboxylic acids is 10. The average Bonchev–Trinajstić information content (AvgIpc) is 3.83. The topological polar surface area (TPSA) is 214 Å². The molecule has 0 N–H and O–H groups in total. The molecule has 0 aliphatic carbocycles. The Hall–Kier alpha value is -8.40. The molecule has 0 spiro atoms. The number of nitrogens with zero attached hydrogens (tertiary/aromatic N) is 2. The normalized spacial score (nSPS) is 15.1. The summed E-state index contributed by atoms with van der Waals surface area (Å²) in [5.74, 6) is -8.16. The van der Waals surface area contributed by atoms with Crippen molar-refractivity contribution < 1.29 is 66.9 Å². The first-order chi connectivity index (χ1) is 26.9. The second-order valence-corrected chi connectivity index (χ2v) is 12.5. The highest BCUT2D eigenvalue weighted by molar-refractivity contribution is 6.36. The predicted octanol–water partition coefficient (Wildman–Crippen LogP) is 4.35. The molecule has 0 radical (unpaired) electrons. The maximum atomic E-state index is 13.3. The minimum atomic E-state index is -0.908. The molecule has 0 atom stereocenters. The predicted molar refractivity (Wildman–Crippen MR) is 184 cm³/mol. The zero-order valence-corrected chi connectivity index (χ0v) is 27.8. The summed E-state index contributed by atoms with van der Waals surface area (Å²) in [6.07, 6.45) is 0. The molecule has 0 fully saturated rings. The number of benzene rings is 5. The molecule has 5 aromatic rings. The lowest BCUT2D eigenvalue weighted by molar-refractivity contribution is 0.0425. The minimum Gasteiger partial charge on any atom is -0.423 e. The summed E-state index contributed by atoms with van der Waals surface area (Å²) in [4.78, 5) is 128. The molecule has 4 amide bonds. The van der Waals surface area contributed by atoms with Gasteiger partial charge in [-0.05, 0) is 97.1 Å². The monoisotopic (exact) mass is 748 g/mol. The van der Waals surface area contributed by atoms with Crippen LogP contribution in [-0.4, -0.2) is 59.4 Å². The highest BCUT2D eigenvalue weighted by atomic mass is 16.6. The van der Waals surface area contributed by atoms with E-state index in [9.17, 15) is 47.9 Å². The highest BCUT2D eigenvalue weighted by Gasteiger charge is 2.41. The fourth-order valence-electron chi connectivity index (χ4n) is 6.54. The number of ether oxygens (including phenoxy) is 4. The number of cyclic esters (lactones) is 4. The number of hydrogen-bond donors (Lipinski definition) is 0. The van der Waals surface area contributed by atoms with Crippen molar-refractivity contribution in [2.75, 3.05) is 9.80 Å². The standard InChI is InChI=1S/C40H16N2O14/c43-31-23-9-1-17(13-27(23)33(45)41(31)19-3-11-25-29(15-19)39(51)55-37(25)49)35(47)53-21-5-7-22(8-6-21)54-36(48)18-2-10-24-28(14-18)34(46)42(32(24)44)20-4-12-26-30(16-20)40(52)56-38(26)50/h1-16H. The summed E-state index contributed by atoms with van der Waals surface area (Å²) in [6.45, 7) is 0. The van der Waals surface area contributed by atoms with Crippen molar-refractivity contribution in [1.82, 2.24) is 0 Å². The van der Waals surface area contributed by atoms with Crippen LogP contribution in [0.15, 0.2) is 97.1 Å². The van der Waals surface area contributed by atoms with Gasteiger partial charge >= 0.3 is 35.8 Å². The Labute approximate surface area is 311 Å². The molecule has 0 aromatic heterocycles. The molecule has 0 saturated heterocycles. The van der Waals surface area contributed by atoms with Crippen molar-refractivity contribution in [3.05, 3.63) is 153 Å². The molecule has 16 heteroatoms. The van der Waals surface area contributed by atoms with E-state index in [0.717, 1.165) is 9.80 Å². The first-order valence-corrected chi connectivity index (χ1v) is 16.3. The Balaban J connectivity index is 0.861. The van der Waals surface area contributed by atoms with Gasteiger partial charge in [0.25, 0.3) is 23.6 Å². The van der Waals surface area contributed by atoms with Crippen LogP contribution in [0, 0.1) is 0 Å². The van der Waals surface area contributed by atoms with Gasteiger partial charge in [0.15, 0.2) is 0 Å². The lowest BCUT2D eigenvalue weighted by atomic mass is 10.1. The molecule has 5 aromatic carbocycles. The van der Waals surface area contributed by atoms with E-state index < -0.39 is 59.4 Å². The van der Waals surface area contributed by atoms with Gasteiger partial charge in [-0.15, -0.1) is 0 Å².